The van der Waals surface area contributed by atoms with Crippen LogP contribution in [0.25, 0.3) is 11.0 Å². The third-order valence-corrected chi connectivity index (χ3v) is 6.50. The number of aromatic nitrogens is 5. The highest BCUT2D eigenvalue weighted by molar-refractivity contribution is 6.32. The molecule has 1 atom stereocenters. The molecule has 0 amide bonds. The maximum atomic E-state index is 15.0. The maximum Gasteiger partial charge on any atom is 0.282 e. The van der Waals surface area contributed by atoms with E-state index in [4.69, 9.17) is 16.3 Å². The summed E-state index contributed by atoms with van der Waals surface area (Å²) in [6.45, 7) is 2.68. The smallest absolute Gasteiger partial charge is 0.282 e. The molecular weight excluding hydrogens is 428 g/mol. The van der Waals surface area contributed by atoms with E-state index < -0.39 is 12.0 Å². The van der Waals surface area contributed by atoms with Crippen molar-refractivity contribution in [2.75, 3.05) is 25.0 Å². The lowest BCUT2D eigenvalue weighted by Crippen LogP contribution is -2.54. The van der Waals surface area contributed by atoms with Crippen LogP contribution in [0.1, 0.15) is 38.6 Å². The second-order valence-corrected chi connectivity index (χ2v) is 8.42. The van der Waals surface area contributed by atoms with E-state index in [1.807, 2.05) is 17.9 Å². The molecule has 31 heavy (non-hydrogen) atoms. The number of alkyl halides is 2. The van der Waals surface area contributed by atoms with Gasteiger partial charge in [0.05, 0.1) is 30.4 Å². The number of hydrogen-bond donors (Lipinski definition) is 2. The van der Waals surface area contributed by atoms with Gasteiger partial charge in [0.15, 0.2) is 5.15 Å². The van der Waals surface area contributed by atoms with Crippen molar-refractivity contribution >= 4 is 34.3 Å². The highest BCUT2D eigenvalue weighted by Crippen LogP contribution is 2.42. The molecule has 4 heterocycles. The average molecular weight is 452 g/mol. The molecule has 0 radical (unpaired) electrons. The van der Waals surface area contributed by atoms with Crippen LogP contribution in [0.2, 0.25) is 5.15 Å². The third-order valence-electron chi connectivity index (χ3n) is 6.12. The molecule has 3 aromatic heterocycles. The molecule has 1 aliphatic heterocycles. The molecule has 0 spiro atoms. The minimum Gasteiger partial charge on any atom is -0.477 e. The number of ether oxygens (including phenoxy) is 1. The number of aromatic amines is 1. The SMILES string of the molecule is CCOc1nc(Nc2cnn([C@H]3CCN(C4CCC4)CC3(F)F)c2Cl)nc2[nH]ccc12. The number of H-pyrrole nitrogens is 1. The summed E-state index contributed by atoms with van der Waals surface area (Å²) < 4.78 is 36.8. The molecule has 2 aliphatic rings. The first kappa shape index (κ1) is 20.4. The van der Waals surface area contributed by atoms with E-state index in [0.717, 1.165) is 24.6 Å². The Morgan fingerprint density at radius 2 is 2.16 bits per heavy atom. The van der Waals surface area contributed by atoms with Crippen LogP contribution in [-0.4, -0.2) is 61.3 Å². The second-order valence-electron chi connectivity index (χ2n) is 8.06. The summed E-state index contributed by atoms with van der Waals surface area (Å²) in [5.41, 5.74) is 0.964. The standard InChI is InChI=1S/C20H24ClF2N7O/c1-2-31-18-13-6-8-24-17(13)27-19(28-18)26-14-10-25-30(16(14)21)15-7-9-29(11-20(15,22)23)12-4-3-5-12/h6,8,10,12,15H,2-5,7,9,11H2,1H3,(H2,24,26,27,28)/t15-/m0/s1. The van der Waals surface area contributed by atoms with Crippen molar-refractivity contribution in [2.45, 2.75) is 50.6 Å². The first-order chi connectivity index (χ1) is 15.0. The fraction of sp³-hybridized carbons (Fsp3) is 0.550. The molecule has 0 aromatic carbocycles. The zero-order chi connectivity index (χ0) is 21.6. The summed E-state index contributed by atoms with van der Waals surface area (Å²) in [6, 6.07) is 1.03. The number of fused-ring (bicyclic) bond motifs is 1. The van der Waals surface area contributed by atoms with E-state index in [0.29, 0.717) is 36.8 Å². The fourth-order valence-corrected chi connectivity index (χ4v) is 4.56. The molecule has 1 saturated carbocycles. The van der Waals surface area contributed by atoms with Gasteiger partial charge in [0.2, 0.25) is 11.8 Å². The lowest BCUT2D eigenvalue weighted by atomic mass is 9.88. The Balaban J connectivity index is 1.37. The number of hydrogen-bond acceptors (Lipinski definition) is 6. The average Bonchev–Trinajstić information content (AvgIpc) is 3.28. The highest BCUT2D eigenvalue weighted by atomic mass is 35.5. The predicted molar refractivity (Wildman–Crippen MR) is 113 cm³/mol. The Kier molecular flexibility index (Phi) is 5.21. The highest BCUT2D eigenvalue weighted by Gasteiger charge is 2.48. The number of halogens is 3. The molecule has 0 unspecified atom stereocenters. The van der Waals surface area contributed by atoms with E-state index in [2.05, 4.69) is 25.4 Å². The van der Waals surface area contributed by atoms with Gasteiger partial charge in [0.25, 0.3) is 5.92 Å². The summed E-state index contributed by atoms with van der Waals surface area (Å²) in [5, 5.41) is 8.03. The Morgan fingerprint density at radius 1 is 1.32 bits per heavy atom. The van der Waals surface area contributed by atoms with Gasteiger partial charge in [0.1, 0.15) is 11.7 Å². The first-order valence-electron chi connectivity index (χ1n) is 10.6. The fourth-order valence-electron chi connectivity index (χ4n) is 4.30. The molecule has 0 bridgehead atoms. The number of anilines is 2. The topological polar surface area (TPSA) is 83.9 Å². The van der Waals surface area contributed by atoms with Crippen LogP contribution in [0.5, 0.6) is 5.88 Å². The zero-order valence-electron chi connectivity index (χ0n) is 17.1. The van der Waals surface area contributed by atoms with Gasteiger partial charge < -0.3 is 15.0 Å². The van der Waals surface area contributed by atoms with Crippen LogP contribution >= 0.6 is 11.6 Å². The van der Waals surface area contributed by atoms with Crippen LogP contribution in [0.15, 0.2) is 18.5 Å². The molecule has 5 rings (SSSR count). The molecule has 8 nitrogen and oxygen atoms in total. The van der Waals surface area contributed by atoms with Gasteiger partial charge in [-0.1, -0.05) is 18.0 Å². The van der Waals surface area contributed by atoms with Crippen molar-refractivity contribution < 1.29 is 13.5 Å². The molecule has 3 aromatic rings. The van der Waals surface area contributed by atoms with Crippen molar-refractivity contribution in [3.8, 4) is 5.88 Å². The molecule has 11 heteroatoms. The summed E-state index contributed by atoms with van der Waals surface area (Å²) in [5.74, 6) is -2.25. The Morgan fingerprint density at radius 3 is 2.87 bits per heavy atom. The number of nitrogens with zero attached hydrogens (tertiary/aromatic N) is 5. The van der Waals surface area contributed by atoms with Gasteiger partial charge >= 0.3 is 0 Å². The van der Waals surface area contributed by atoms with Gasteiger partial charge in [-0.15, -0.1) is 0 Å². The number of nitrogens with one attached hydrogen (secondary N) is 2. The zero-order valence-corrected chi connectivity index (χ0v) is 17.9. The number of rotatable bonds is 6. The lowest BCUT2D eigenvalue weighted by Gasteiger charge is -2.45. The van der Waals surface area contributed by atoms with E-state index in [1.54, 1.807) is 6.20 Å². The predicted octanol–water partition coefficient (Wildman–Crippen LogP) is 4.38. The summed E-state index contributed by atoms with van der Waals surface area (Å²) in [7, 11) is 0. The Hall–Kier alpha value is -2.46. The largest absolute Gasteiger partial charge is 0.477 e. The second kappa shape index (κ2) is 7.90. The van der Waals surface area contributed by atoms with Crippen LogP contribution < -0.4 is 10.1 Å². The van der Waals surface area contributed by atoms with E-state index in [-0.39, 0.29) is 23.7 Å². The van der Waals surface area contributed by atoms with Crippen molar-refractivity contribution in [1.82, 2.24) is 29.6 Å². The Labute approximate surface area is 182 Å². The van der Waals surface area contributed by atoms with Gasteiger partial charge in [-0.2, -0.15) is 15.1 Å². The van der Waals surface area contributed by atoms with Crippen LogP contribution in [0.4, 0.5) is 20.4 Å². The minimum atomic E-state index is -2.91. The van der Waals surface area contributed by atoms with Crippen molar-refractivity contribution in [3.05, 3.63) is 23.6 Å². The first-order valence-corrected chi connectivity index (χ1v) is 10.9. The number of likely N-dealkylation sites (tertiary alicyclic amines) is 1. The van der Waals surface area contributed by atoms with E-state index in [9.17, 15) is 8.78 Å². The monoisotopic (exact) mass is 451 g/mol. The van der Waals surface area contributed by atoms with Gasteiger partial charge in [-0.3, -0.25) is 4.90 Å². The van der Waals surface area contributed by atoms with Gasteiger partial charge in [-0.05, 0) is 32.3 Å². The molecule has 166 valence electrons. The van der Waals surface area contributed by atoms with Crippen molar-refractivity contribution in [1.29, 1.82) is 0 Å². The summed E-state index contributed by atoms with van der Waals surface area (Å²) in [4.78, 5) is 13.7. The van der Waals surface area contributed by atoms with E-state index in [1.165, 1.54) is 10.9 Å². The lowest BCUT2D eigenvalue weighted by molar-refractivity contribution is -0.121. The molecule has 2 fully saturated rings. The van der Waals surface area contributed by atoms with Gasteiger partial charge in [0, 0.05) is 18.8 Å². The summed E-state index contributed by atoms with van der Waals surface area (Å²) >= 11 is 6.47. The molecule has 2 N–H and O–H groups in total. The van der Waals surface area contributed by atoms with E-state index >= 15 is 0 Å². The van der Waals surface area contributed by atoms with Crippen molar-refractivity contribution in [2.24, 2.45) is 0 Å². The number of piperidine rings is 1. The molecular formula is C20H24ClF2N7O. The quantitative estimate of drug-likeness (QED) is 0.578. The third kappa shape index (κ3) is 3.71. The Bertz CT molecular complexity index is 1080. The maximum absolute atomic E-state index is 15.0. The minimum absolute atomic E-state index is 0.106. The van der Waals surface area contributed by atoms with Crippen molar-refractivity contribution in [3.63, 3.8) is 0 Å². The van der Waals surface area contributed by atoms with Crippen LogP contribution in [-0.2, 0) is 0 Å². The summed E-state index contributed by atoms with van der Waals surface area (Å²) in [6.07, 6.45) is 6.60. The van der Waals surface area contributed by atoms with Crippen LogP contribution in [0, 0.1) is 0 Å². The molecule has 1 saturated heterocycles. The van der Waals surface area contributed by atoms with Gasteiger partial charge in [-0.25, -0.2) is 13.5 Å². The van der Waals surface area contributed by atoms with Crippen LogP contribution in [0.3, 0.4) is 0 Å². The molecule has 1 aliphatic carbocycles. The normalized spacial score (nSPS) is 21.9.